The Morgan fingerprint density at radius 3 is 2.57 bits per heavy atom. The maximum Gasteiger partial charge on any atom is 0.241 e. The molecule has 6 heteroatoms. The van der Waals surface area contributed by atoms with Crippen molar-refractivity contribution in [1.82, 2.24) is 4.72 Å². The van der Waals surface area contributed by atoms with E-state index < -0.39 is 15.6 Å². The van der Waals surface area contributed by atoms with Crippen molar-refractivity contribution in [3.8, 4) is 11.8 Å². The Bertz CT molecular complexity index is 654. The average Bonchev–Trinajstić information content (AvgIpc) is 2.35. The van der Waals surface area contributed by atoms with Crippen molar-refractivity contribution in [3.63, 3.8) is 0 Å². The van der Waals surface area contributed by atoms with Crippen molar-refractivity contribution < 1.29 is 18.3 Å². The maximum absolute atomic E-state index is 12.4. The molecule has 0 aromatic heterocycles. The summed E-state index contributed by atoms with van der Waals surface area (Å²) in [6.07, 6.45) is 0. The number of aliphatic hydroxyl groups excluding tert-OH is 1. The van der Waals surface area contributed by atoms with Gasteiger partial charge in [0.05, 0.1) is 17.0 Å². The molecule has 21 heavy (non-hydrogen) atoms. The Balaban J connectivity index is 3.08. The molecular weight excluding hydrogens is 290 g/mol. The van der Waals surface area contributed by atoms with E-state index in [0.717, 1.165) is 5.56 Å². The molecule has 0 bridgehead atoms. The van der Waals surface area contributed by atoms with Gasteiger partial charge in [0, 0.05) is 12.7 Å². The third-order valence-electron chi connectivity index (χ3n) is 2.73. The Morgan fingerprint density at radius 2 is 2.05 bits per heavy atom. The quantitative estimate of drug-likeness (QED) is 0.797. The van der Waals surface area contributed by atoms with Crippen LogP contribution in [0.25, 0.3) is 0 Å². The number of hydrogen-bond acceptors (Lipinski definition) is 4. The molecule has 1 aromatic rings. The molecule has 0 unspecified atom stereocenters. The van der Waals surface area contributed by atoms with Crippen molar-refractivity contribution in [1.29, 1.82) is 0 Å². The van der Waals surface area contributed by atoms with Gasteiger partial charge in [0.1, 0.15) is 6.61 Å². The van der Waals surface area contributed by atoms with E-state index in [2.05, 4.69) is 16.6 Å². The van der Waals surface area contributed by atoms with Crippen LogP contribution in [0, 0.1) is 18.8 Å². The number of ether oxygens (including phenoxy) is 1. The lowest BCUT2D eigenvalue weighted by Crippen LogP contribution is -2.46. The second kappa shape index (κ2) is 7.05. The van der Waals surface area contributed by atoms with Gasteiger partial charge in [-0.15, -0.1) is 0 Å². The number of hydrogen-bond donors (Lipinski definition) is 2. The summed E-state index contributed by atoms with van der Waals surface area (Å²) in [5.41, 5.74) is 0.735. The van der Waals surface area contributed by atoms with Gasteiger partial charge in [0.2, 0.25) is 10.0 Å². The van der Waals surface area contributed by atoms with Gasteiger partial charge in [-0.1, -0.05) is 11.8 Å². The number of sulfonamides is 1. The summed E-state index contributed by atoms with van der Waals surface area (Å²) in [7, 11) is -2.10. The highest BCUT2D eigenvalue weighted by Gasteiger charge is 2.26. The van der Waals surface area contributed by atoms with E-state index in [4.69, 9.17) is 9.84 Å². The normalized spacial score (nSPS) is 11.9. The minimum absolute atomic E-state index is 0.179. The zero-order chi connectivity index (χ0) is 16.1. The molecule has 0 aliphatic rings. The van der Waals surface area contributed by atoms with Crippen molar-refractivity contribution in [3.05, 3.63) is 29.3 Å². The Hall–Kier alpha value is -1.39. The monoisotopic (exact) mass is 311 g/mol. The van der Waals surface area contributed by atoms with Crippen LogP contribution in [0.4, 0.5) is 0 Å². The highest BCUT2D eigenvalue weighted by molar-refractivity contribution is 7.89. The lowest BCUT2D eigenvalue weighted by Gasteiger charge is -2.25. The van der Waals surface area contributed by atoms with Gasteiger partial charge in [-0.2, -0.15) is 0 Å². The molecule has 2 N–H and O–H groups in total. The number of methoxy groups -OCH3 is 1. The predicted molar refractivity (Wildman–Crippen MR) is 81.4 cm³/mol. The molecule has 0 aliphatic heterocycles. The lowest BCUT2D eigenvalue weighted by atomic mass is 10.1. The summed E-state index contributed by atoms with van der Waals surface area (Å²) in [6.45, 7) is 5.32. The summed E-state index contributed by atoms with van der Waals surface area (Å²) < 4.78 is 32.3. The van der Waals surface area contributed by atoms with Gasteiger partial charge in [-0.05, 0) is 44.5 Å². The molecule has 1 aromatic carbocycles. The molecule has 0 radical (unpaired) electrons. The van der Waals surface area contributed by atoms with Gasteiger partial charge in [0.25, 0.3) is 0 Å². The van der Waals surface area contributed by atoms with E-state index >= 15 is 0 Å². The minimum Gasteiger partial charge on any atom is -0.384 e. The van der Waals surface area contributed by atoms with Gasteiger partial charge < -0.3 is 9.84 Å². The molecule has 0 heterocycles. The second-order valence-electron chi connectivity index (χ2n) is 5.36. The summed E-state index contributed by atoms with van der Waals surface area (Å²) in [4.78, 5) is 0.179. The SMILES string of the molecule is COCC(C)(C)NS(=O)(=O)c1ccc(C#CCO)c(C)c1. The zero-order valence-electron chi connectivity index (χ0n) is 12.7. The van der Waals surface area contributed by atoms with Crippen LogP contribution in [0.3, 0.4) is 0 Å². The Labute approximate surface area is 126 Å². The third-order valence-corrected chi connectivity index (χ3v) is 4.42. The van der Waals surface area contributed by atoms with Crippen molar-refractivity contribution in [2.45, 2.75) is 31.2 Å². The fourth-order valence-corrected chi connectivity index (χ4v) is 3.37. The van der Waals surface area contributed by atoms with Gasteiger partial charge in [-0.3, -0.25) is 0 Å². The molecule has 1 rings (SSSR count). The first-order valence-electron chi connectivity index (χ1n) is 6.45. The smallest absolute Gasteiger partial charge is 0.241 e. The zero-order valence-corrected chi connectivity index (χ0v) is 13.5. The second-order valence-corrected chi connectivity index (χ2v) is 7.04. The van der Waals surface area contributed by atoms with Crippen LogP contribution in [-0.4, -0.2) is 39.4 Å². The van der Waals surface area contributed by atoms with Crippen LogP contribution in [0.5, 0.6) is 0 Å². The first-order chi connectivity index (χ1) is 9.72. The number of rotatable bonds is 5. The molecule has 0 aliphatic carbocycles. The molecular formula is C15H21NO4S. The highest BCUT2D eigenvalue weighted by atomic mass is 32.2. The largest absolute Gasteiger partial charge is 0.384 e. The number of aliphatic hydroxyl groups is 1. The van der Waals surface area contributed by atoms with Crippen LogP contribution >= 0.6 is 0 Å². The highest BCUT2D eigenvalue weighted by Crippen LogP contribution is 2.17. The number of benzene rings is 1. The summed E-state index contributed by atoms with van der Waals surface area (Å²) in [6, 6.07) is 4.70. The molecule has 5 nitrogen and oxygen atoms in total. The van der Waals surface area contributed by atoms with Gasteiger partial charge in [-0.25, -0.2) is 13.1 Å². The fraction of sp³-hybridized carbons (Fsp3) is 0.467. The van der Waals surface area contributed by atoms with Crippen molar-refractivity contribution in [2.75, 3.05) is 20.3 Å². The Kier molecular flexibility index (Phi) is 5.93. The Morgan fingerprint density at radius 1 is 1.38 bits per heavy atom. The molecule has 0 spiro atoms. The van der Waals surface area contributed by atoms with E-state index in [0.29, 0.717) is 5.56 Å². The van der Waals surface area contributed by atoms with Gasteiger partial charge in [0.15, 0.2) is 0 Å². The van der Waals surface area contributed by atoms with E-state index in [1.807, 2.05) is 0 Å². The number of aryl methyl sites for hydroxylation is 1. The molecule has 116 valence electrons. The number of nitrogens with one attached hydrogen (secondary N) is 1. The summed E-state index contributed by atoms with van der Waals surface area (Å²) in [5, 5.41) is 8.69. The molecule has 0 saturated carbocycles. The van der Waals surface area contributed by atoms with E-state index in [1.54, 1.807) is 32.9 Å². The minimum atomic E-state index is -3.63. The van der Waals surface area contributed by atoms with Crippen molar-refractivity contribution in [2.24, 2.45) is 0 Å². The summed E-state index contributed by atoms with van der Waals surface area (Å²) >= 11 is 0. The lowest BCUT2D eigenvalue weighted by molar-refractivity contribution is 0.141. The van der Waals surface area contributed by atoms with E-state index in [-0.39, 0.29) is 18.1 Å². The standard InChI is InChI=1S/C15H21NO4S/c1-12-10-14(8-7-13(12)6-5-9-17)21(18,19)16-15(2,3)11-20-4/h7-8,10,16-17H,9,11H2,1-4H3. The topological polar surface area (TPSA) is 75.6 Å². The third kappa shape index (κ3) is 5.14. The van der Waals surface area contributed by atoms with E-state index in [1.165, 1.54) is 13.2 Å². The first-order valence-corrected chi connectivity index (χ1v) is 7.93. The molecule has 0 fully saturated rings. The average molecular weight is 311 g/mol. The fourth-order valence-electron chi connectivity index (χ4n) is 1.89. The predicted octanol–water partition coefficient (Wildman–Crippen LogP) is 1.04. The first kappa shape index (κ1) is 17.7. The van der Waals surface area contributed by atoms with Gasteiger partial charge >= 0.3 is 0 Å². The van der Waals surface area contributed by atoms with Crippen molar-refractivity contribution >= 4 is 10.0 Å². The maximum atomic E-state index is 12.4. The molecule has 0 amide bonds. The van der Waals surface area contributed by atoms with Crippen LogP contribution in [0.2, 0.25) is 0 Å². The van der Waals surface area contributed by atoms with Crippen LogP contribution in [0.15, 0.2) is 23.1 Å². The molecule has 0 saturated heterocycles. The van der Waals surface area contributed by atoms with Crippen LogP contribution < -0.4 is 4.72 Å². The summed E-state index contributed by atoms with van der Waals surface area (Å²) in [5.74, 6) is 5.32. The van der Waals surface area contributed by atoms with E-state index in [9.17, 15) is 8.42 Å². The molecule has 0 atom stereocenters. The van der Waals surface area contributed by atoms with Crippen LogP contribution in [0.1, 0.15) is 25.0 Å². The van der Waals surface area contributed by atoms with Crippen LogP contribution in [-0.2, 0) is 14.8 Å².